The van der Waals surface area contributed by atoms with Crippen LogP contribution in [0.25, 0.3) is 77.2 Å². The summed E-state index contributed by atoms with van der Waals surface area (Å²) in [5, 5.41) is 19.0. The van der Waals surface area contributed by atoms with Crippen LogP contribution in [-0.4, -0.2) is 9.13 Å². The van der Waals surface area contributed by atoms with E-state index in [1.54, 1.807) is 6.07 Å². The van der Waals surface area contributed by atoms with Crippen molar-refractivity contribution >= 4 is 43.6 Å². The van der Waals surface area contributed by atoms with Crippen LogP contribution in [0.2, 0.25) is 0 Å². The first kappa shape index (κ1) is 45.2. The monoisotopic (exact) mass is 950 g/mol. The van der Waals surface area contributed by atoms with E-state index >= 15 is 0 Å². The Morgan fingerprint density at radius 1 is 0.324 bits per heavy atom. The smallest absolute Gasteiger partial charge is 0.309 e. The Hall–Kier alpha value is -7.93. The van der Waals surface area contributed by atoms with E-state index in [9.17, 15) is 76.4 Å². The van der Waals surface area contributed by atoms with E-state index in [1.165, 1.54) is 45.5 Å². The summed E-state index contributed by atoms with van der Waals surface area (Å²) in [6, 6.07) is 23.1. The van der Waals surface area contributed by atoms with Crippen LogP contribution < -0.4 is 0 Å². The van der Waals surface area contributed by atoms with Gasteiger partial charge in [-0.3, -0.25) is 0 Å². The molecule has 0 spiro atoms. The summed E-state index contributed by atoms with van der Waals surface area (Å²) < 4.78 is 214. The molecule has 68 heavy (non-hydrogen) atoms. The van der Waals surface area contributed by atoms with Gasteiger partial charge in [0.15, 0.2) is 0 Å². The summed E-state index contributed by atoms with van der Waals surface area (Å²) >= 11 is 0. The highest BCUT2D eigenvalue weighted by Crippen LogP contribution is 2.47. The lowest BCUT2D eigenvalue weighted by Crippen LogP contribution is -2.06. The van der Waals surface area contributed by atoms with Crippen LogP contribution >= 0.6 is 0 Å². The molecule has 0 radical (unpaired) electrons. The number of fused-ring (bicyclic) bond motifs is 6. The number of aromatic nitrogens is 2. The predicted octanol–water partition coefficient (Wildman–Crippen LogP) is 16.1. The number of benzene rings is 7. The van der Waals surface area contributed by atoms with Gasteiger partial charge in [0.1, 0.15) is 0 Å². The third-order valence-electron chi connectivity index (χ3n) is 11.5. The molecule has 0 unspecified atom stereocenters. The minimum atomic E-state index is -4.96. The molecule has 2 aromatic heterocycles. The molecule has 4 nitrogen and oxygen atoms in total. The lowest BCUT2D eigenvalue weighted by atomic mass is 9.92. The van der Waals surface area contributed by atoms with Gasteiger partial charge in [0, 0.05) is 32.7 Å². The first-order valence-corrected chi connectivity index (χ1v) is 19.5. The van der Waals surface area contributed by atoms with Gasteiger partial charge in [-0.05, 0) is 120 Å². The van der Waals surface area contributed by atoms with E-state index in [0.29, 0.717) is 60.7 Å². The van der Waals surface area contributed by atoms with E-state index in [-0.39, 0.29) is 82.8 Å². The van der Waals surface area contributed by atoms with Gasteiger partial charge < -0.3 is 9.13 Å². The standard InChI is InChI=1S/C49H21F15N4/c50-45(51,52)27-3-9-32(26(16-27)23-66)25-2-10-39(67-40-11-4-28(46(53,54)55)18-35(40)36-19-29(47(56,57)58)5-12-41(36)67)34(17-25)33-8-1-24(22-65)15-44(33)68-42-13-6-30(48(59,60)61)20-37(42)38-21-31(49(62,63)64)7-14-43(38)68/h1-21H. The minimum absolute atomic E-state index is 0.00121. The van der Waals surface area contributed by atoms with Crippen LogP contribution in [0.15, 0.2) is 127 Å². The number of nitriles is 2. The van der Waals surface area contributed by atoms with E-state index in [2.05, 4.69) is 0 Å². The highest BCUT2D eigenvalue weighted by atomic mass is 19.4. The van der Waals surface area contributed by atoms with Gasteiger partial charge in [-0.25, -0.2) is 0 Å². The Morgan fingerprint density at radius 2 is 0.691 bits per heavy atom. The van der Waals surface area contributed by atoms with Crippen molar-refractivity contribution in [1.82, 2.24) is 9.13 Å². The second kappa shape index (κ2) is 15.3. The maximum atomic E-state index is 14.2. The Bertz CT molecular complexity index is 3500. The molecule has 0 saturated heterocycles. The zero-order valence-electron chi connectivity index (χ0n) is 33.6. The SMILES string of the molecule is N#Cc1ccc(-c2cc(-c3ccc(C(F)(F)F)cc3C#N)ccc2-n2c3ccc(C(F)(F)F)cc3c3cc(C(F)(F)F)ccc32)c(-n2c3ccc(C(F)(F)F)cc3c3cc(C(F)(F)F)ccc32)c1. The van der Waals surface area contributed by atoms with E-state index in [1.807, 2.05) is 6.07 Å². The minimum Gasteiger partial charge on any atom is -0.309 e. The molecule has 0 aliphatic heterocycles. The lowest BCUT2D eigenvalue weighted by molar-refractivity contribution is -0.138. The molecule has 0 atom stereocenters. The molecular weight excluding hydrogens is 930 g/mol. The number of hydrogen-bond acceptors (Lipinski definition) is 2. The maximum Gasteiger partial charge on any atom is 0.416 e. The van der Waals surface area contributed by atoms with Gasteiger partial charge in [-0.1, -0.05) is 18.2 Å². The summed E-state index contributed by atoms with van der Waals surface area (Å²) in [5.74, 6) is 0. The van der Waals surface area contributed by atoms with Crippen LogP contribution in [0.1, 0.15) is 38.9 Å². The summed E-state index contributed by atoms with van der Waals surface area (Å²) in [6.07, 6.45) is -24.7. The molecule has 0 amide bonds. The van der Waals surface area contributed by atoms with Gasteiger partial charge in [-0.15, -0.1) is 0 Å². The molecule has 0 saturated carbocycles. The lowest BCUT2D eigenvalue weighted by Gasteiger charge is -2.20. The Kier molecular flexibility index (Phi) is 10.2. The molecule has 0 aliphatic rings. The fourth-order valence-electron chi connectivity index (χ4n) is 8.46. The number of alkyl halides is 15. The van der Waals surface area contributed by atoms with Crippen LogP contribution in [0.5, 0.6) is 0 Å². The molecular formula is C49H21F15N4. The number of rotatable bonds is 4. The highest BCUT2D eigenvalue weighted by Gasteiger charge is 2.36. The second-order valence-electron chi connectivity index (χ2n) is 15.5. The van der Waals surface area contributed by atoms with Crippen LogP contribution in [-0.2, 0) is 30.9 Å². The van der Waals surface area contributed by atoms with E-state index in [0.717, 1.165) is 30.3 Å². The second-order valence-corrected chi connectivity index (χ2v) is 15.5. The first-order valence-electron chi connectivity index (χ1n) is 19.5. The van der Waals surface area contributed by atoms with E-state index < -0.39 is 64.3 Å². The van der Waals surface area contributed by atoms with Crippen molar-refractivity contribution in [3.63, 3.8) is 0 Å². The molecule has 0 bridgehead atoms. The Labute approximate surface area is 371 Å². The molecule has 0 fully saturated rings. The summed E-state index contributed by atoms with van der Waals surface area (Å²) in [5.41, 5.74) is -7.18. The molecule has 342 valence electrons. The van der Waals surface area contributed by atoms with Crippen molar-refractivity contribution in [1.29, 1.82) is 10.5 Å². The quantitative estimate of drug-likeness (QED) is 0.165. The van der Waals surface area contributed by atoms with Crippen molar-refractivity contribution in [2.45, 2.75) is 30.9 Å². The van der Waals surface area contributed by atoms with Gasteiger partial charge in [0.2, 0.25) is 0 Å². The fraction of sp³-hybridized carbons (Fsp3) is 0.102. The van der Waals surface area contributed by atoms with Crippen molar-refractivity contribution in [3.8, 4) is 45.8 Å². The average molecular weight is 951 g/mol. The fourth-order valence-corrected chi connectivity index (χ4v) is 8.46. The topological polar surface area (TPSA) is 57.4 Å². The van der Waals surface area contributed by atoms with Gasteiger partial charge in [0.25, 0.3) is 0 Å². The van der Waals surface area contributed by atoms with Crippen LogP contribution in [0.4, 0.5) is 65.9 Å². The molecule has 9 rings (SSSR count). The molecule has 0 aliphatic carbocycles. The van der Waals surface area contributed by atoms with Gasteiger partial charge >= 0.3 is 30.9 Å². The summed E-state index contributed by atoms with van der Waals surface area (Å²) in [4.78, 5) is 0. The number of hydrogen-bond donors (Lipinski definition) is 0. The first-order chi connectivity index (χ1) is 31.8. The van der Waals surface area contributed by atoms with Gasteiger partial charge in [0.05, 0.1) is 84.5 Å². The third kappa shape index (κ3) is 7.67. The summed E-state index contributed by atoms with van der Waals surface area (Å²) in [6.45, 7) is 0. The molecule has 9 aromatic rings. The maximum absolute atomic E-state index is 14.2. The van der Waals surface area contributed by atoms with Crippen molar-refractivity contribution < 1.29 is 65.9 Å². The Morgan fingerprint density at radius 3 is 1.07 bits per heavy atom. The summed E-state index contributed by atoms with van der Waals surface area (Å²) in [7, 11) is 0. The molecule has 0 N–H and O–H groups in total. The van der Waals surface area contributed by atoms with Crippen LogP contribution in [0.3, 0.4) is 0 Å². The van der Waals surface area contributed by atoms with Crippen LogP contribution in [0, 0.1) is 22.7 Å². The van der Waals surface area contributed by atoms with Crippen molar-refractivity contribution in [2.24, 2.45) is 0 Å². The molecule has 7 aromatic carbocycles. The normalized spacial score (nSPS) is 12.9. The van der Waals surface area contributed by atoms with Crippen molar-refractivity contribution in [2.75, 3.05) is 0 Å². The van der Waals surface area contributed by atoms with E-state index in [4.69, 9.17) is 0 Å². The zero-order valence-corrected chi connectivity index (χ0v) is 33.6. The Balaban J connectivity index is 1.43. The van der Waals surface area contributed by atoms with Crippen molar-refractivity contribution in [3.05, 3.63) is 166 Å². The predicted molar refractivity (Wildman–Crippen MR) is 220 cm³/mol. The average Bonchev–Trinajstić information content (AvgIpc) is 3.78. The highest BCUT2D eigenvalue weighted by molar-refractivity contribution is 6.12. The number of halogens is 15. The number of nitrogens with zero attached hydrogens (tertiary/aromatic N) is 4. The third-order valence-corrected chi connectivity index (χ3v) is 11.5. The molecule has 19 heteroatoms. The molecule has 2 heterocycles. The zero-order chi connectivity index (χ0) is 49.0. The van der Waals surface area contributed by atoms with Gasteiger partial charge in [-0.2, -0.15) is 76.4 Å². The largest absolute Gasteiger partial charge is 0.416 e.